The summed E-state index contributed by atoms with van der Waals surface area (Å²) in [7, 11) is 0. The summed E-state index contributed by atoms with van der Waals surface area (Å²) in [4.78, 5) is 2.19. The first-order valence-corrected chi connectivity index (χ1v) is 12.0. The number of aromatic hydroxyl groups is 2. The van der Waals surface area contributed by atoms with Crippen LogP contribution < -0.4 is 9.47 Å². The number of fused-ring (bicyclic) bond motifs is 1. The van der Waals surface area contributed by atoms with Crippen LogP contribution in [0, 0.1) is 5.92 Å². The average molecular weight is 496 g/mol. The van der Waals surface area contributed by atoms with E-state index in [4.69, 9.17) is 21.1 Å². The van der Waals surface area contributed by atoms with Crippen molar-refractivity contribution in [3.63, 3.8) is 0 Å². The summed E-state index contributed by atoms with van der Waals surface area (Å²) in [6, 6.07) is 18.0. The Kier molecular flexibility index (Phi) is 6.58. The zero-order valence-corrected chi connectivity index (χ0v) is 20.1. The molecule has 0 radical (unpaired) electrons. The number of likely N-dealkylation sites (tertiary alicyclic amines) is 1. The first-order chi connectivity index (χ1) is 16.9. The Morgan fingerprint density at radius 1 is 1.06 bits per heavy atom. The lowest BCUT2D eigenvalue weighted by Crippen LogP contribution is -2.49. The van der Waals surface area contributed by atoms with Crippen LogP contribution in [0.4, 0.5) is 4.39 Å². The molecule has 2 aliphatic rings. The Morgan fingerprint density at radius 2 is 1.83 bits per heavy atom. The molecule has 0 amide bonds. The van der Waals surface area contributed by atoms with E-state index in [1.807, 2.05) is 37.3 Å². The van der Waals surface area contributed by atoms with E-state index in [0.717, 1.165) is 53.2 Å². The molecule has 5 nitrogen and oxygen atoms in total. The number of rotatable bonds is 7. The summed E-state index contributed by atoms with van der Waals surface area (Å²) in [5.41, 5.74) is 4.32. The Bertz CT molecular complexity index is 1250. The number of alkyl halides is 1. The minimum Gasteiger partial charge on any atom is -0.508 e. The summed E-state index contributed by atoms with van der Waals surface area (Å²) < 4.78 is 24.9. The van der Waals surface area contributed by atoms with E-state index in [0.29, 0.717) is 12.4 Å². The number of hydrogen-bond acceptors (Lipinski definition) is 5. The van der Waals surface area contributed by atoms with Crippen LogP contribution in [0.15, 0.2) is 60.7 Å². The van der Waals surface area contributed by atoms with Gasteiger partial charge in [0.15, 0.2) is 0 Å². The molecule has 7 heteroatoms. The number of halogens is 2. The number of allylic oxidation sites excluding steroid dienone is 1. The fourth-order valence-corrected chi connectivity index (χ4v) is 4.83. The van der Waals surface area contributed by atoms with Gasteiger partial charge in [0.1, 0.15) is 35.7 Å². The van der Waals surface area contributed by atoms with E-state index in [2.05, 4.69) is 4.90 Å². The van der Waals surface area contributed by atoms with Crippen molar-refractivity contribution in [1.82, 2.24) is 4.90 Å². The molecule has 2 heterocycles. The predicted molar refractivity (Wildman–Crippen MR) is 135 cm³/mol. The van der Waals surface area contributed by atoms with Crippen molar-refractivity contribution in [3.8, 4) is 23.0 Å². The second-order valence-corrected chi connectivity index (χ2v) is 9.49. The molecule has 5 rings (SSSR count). The highest BCUT2D eigenvalue weighted by atomic mass is 35.5. The highest BCUT2D eigenvalue weighted by Gasteiger charge is 2.30. The van der Waals surface area contributed by atoms with Crippen LogP contribution in [-0.4, -0.2) is 48.0 Å². The van der Waals surface area contributed by atoms with Crippen LogP contribution in [0.25, 0.3) is 11.1 Å². The molecule has 1 saturated heterocycles. The van der Waals surface area contributed by atoms with Gasteiger partial charge in [-0.3, -0.25) is 9.29 Å². The molecule has 0 aliphatic carbocycles. The third-order valence-electron chi connectivity index (χ3n) is 6.65. The first kappa shape index (κ1) is 23.5. The number of benzene rings is 3. The van der Waals surface area contributed by atoms with Gasteiger partial charge in [-0.15, -0.1) is 0 Å². The monoisotopic (exact) mass is 495 g/mol. The molecule has 182 valence electrons. The van der Waals surface area contributed by atoms with Gasteiger partial charge in [0.2, 0.25) is 0 Å². The smallest absolute Gasteiger partial charge is 0.150 e. The van der Waals surface area contributed by atoms with Gasteiger partial charge in [-0.25, -0.2) is 0 Å². The molecular formula is C28H27ClFNO4. The lowest BCUT2D eigenvalue weighted by atomic mass is 9.86. The maximum atomic E-state index is 12.6. The number of hydrogen-bond donors (Lipinski definition) is 2. The van der Waals surface area contributed by atoms with Crippen LogP contribution in [0.3, 0.4) is 0 Å². The third kappa shape index (κ3) is 4.81. The normalized spacial score (nSPS) is 18.1. The van der Waals surface area contributed by atoms with Gasteiger partial charge >= 0.3 is 0 Å². The van der Waals surface area contributed by atoms with Crippen molar-refractivity contribution < 1.29 is 24.1 Å². The fraction of sp³-hybridized carbons (Fsp3) is 0.286. The fourth-order valence-electron chi connectivity index (χ4n) is 4.71. The van der Waals surface area contributed by atoms with E-state index in [-0.39, 0.29) is 29.1 Å². The quantitative estimate of drug-likeness (QED) is 0.415. The van der Waals surface area contributed by atoms with Crippen molar-refractivity contribution in [2.24, 2.45) is 5.92 Å². The molecule has 0 spiro atoms. The molecule has 1 fully saturated rings. The number of phenols is 2. The van der Waals surface area contributed by atoms with E-state index in [1.54, 1.807) is 30.3 Å². The van der Waals surface area contributed by atoms with Crippen LogP contribution >= 0.6 is 11.6 Å². The standard InChI is InChI=1S/C28H27ClFNO4/c1-17-23-13-21(32)5-9-26(23)35-28(27(17)20-4-8-24(29)25(33)12-20)19-2-6-22(7-3-19)34-11-10-31-15-18(14-30)16-31/h2-9,12-13,18,28,32-33H,10-11,14-16H2,1H3. The van der Waals surface area contributed by atoms with E-state index < -0.39 is 6.10 Å². The van der Waals surface area contributed by atoms with Gasteiger partial charge in [-0.2, -0.15) is 0 Å². The van der Waals surface area contributed by atoms with Gasteiger partial charge in [0.25, 0.3) is 0 Å². The zero-order valence-electron chi connectivity index (χ0n) is 19.4. The van der Waals surface area contributed by atoms with Gasteiger partial charge in [0, 0.05) is 36.7 Å². The van der Waals surface area contributed by atoms with Gasteiger partial charge < -0.3 is 19.7 Å². The lowest BCUT2D eigenvalue weighted by molar-refractivity contribution is 0.0668. The van der Waals surface area contributed by atoms with E-state index >= 15 is 0 Å². The summed E-state index contributed by atoms with van der Waals surface area (Å²) in [6.45, 7) is 4.65. The van der Waals surface area contributed by atoms with Crippen molar-refractivity contribution in [2.75, 3.05) is 32.9 Å². The predicted octanol–water partition coefficient (Wildman–Crippen LogP) is 6.10. The SMILES string of the molecule is CC1=C(c2ccc(Cl)c(O)c2)C(c2ccc(OCCN3CC(CF)C3)cc2)Oc2ccc(O)cc21. The lowest BCUT2D eigenvalue weighted by Gasteiger charge is -2.37. The summed E-state index contributed by atoms with van der Waals surface area (Å²) in [5.74, 6) is 1.75. The molecular weight excluding hydrogens is 469 g/mol. The van der Waals surface area contributed by atoms with Crippen molar-refractivity contribution >= 4 is 22.7 Å². The van der Waals surface area contributed by atoms with Crippen LogP contribution in [0.1, 0.15) is 29.7 Å². The van der Waals surface area contributed by atoms with Gasteiger partial charge in [-0.05, 0) is 66.1 Å². The minimum absolute atomic E-state index is 0.00583. The molecule has 2 aliphatic heterocycles. The second-order valence-electron chi connectivity index (χ2n) is 9.08. The molecule has 0 bridgehead atoms. The average Bonchev–Trinajstić information content (AvgIpc) is 2.83. The Balaban J connectivity index is 1.40. The summed E-state index contributed by atoms with van der Waals surface area (Å²) in [5, 5.41) is 20.6. The minimum atomic E-state index is -0.430. The molecule has 0 aromatic heterocycles. The van der Waals surface area contributed by atoms with Gasteiger partial charge in [-0.1, -0.05) is 29.8 Å². The van der Waals surface area contributed by atoms with Crippen LogP contribution in [0.5, 0.6) is 23.0 Å². The van der Waals surface area contributed by atoms with Crippen molar-refractivity contribution in [3.05, 3.63) is 82.4 Å². The Labute approximate surface area is 209 Å². The van der Waals surface area contributed by atoms with Crippen LogP contribution in [0.2, 0.25) is 5.02 Å². The highest BCUT2D eigenvalue weighted by molar-refractivity contribution is 6.32. The molecule has 3 aromatic rings. The Hall–Kier alpha value is -3.22. The van der Waals surface area contributed by atoms with Gasteiger partial charge in [0.05, 0.1) is 11.7 Å². The maximum Gasteiger partial charge on any atom is 0.150 e. The summed E-state index contributed by atoms with van der Waals surface area (Å²) in [6.07, 6.45) is -0.430. The zero-order chi connectivity index (χ0) is 24.5. The van der Waals surface area contributed by atoms with E-state index in [9.17, 15) is 14.6 Å². The first-order valence-electron chi connectivity index (χ1n) is 11.6. The molecule has 2 N–H and O–H groups in total. The molecule has 3 aromatic carbocycles. The number of phenolic OH excluding ortho intramolecular Hbond substituents is 2. The molecule has 0 saturated carbocycles. The summed E-state index contributed by atoms with van der Waals surface area (Å²) >= 11 is 6.05. The largest absolute Gasteiger partial charge is 0.508 e. The van der Waals surface area contributed by atoms with Crippen LogP contribution in [-0.2, 0) is 0 Å². The van der Waals surface area contributed by atoms with E-state index in [1.165, 1.54) is 0 Å². The van der Waals surface area contributed by atoms with Crippen molar-refractivity contribution in [1.29, 1.82) is 0 Å². The number of ether oxygens (including phenoxy) is 2. The molecule has 1 unspecified atom stereocenters. The Morgan fingerprint density at radius 3 is 2.54 bits per heavy atom. The highest BCUT2D eigenvalue weighted by Crippen LogP contribution is 2.48. The topological polar surface area (TPSA) is 62.2 Å². The maximum absolute atomic E-state index is 12.6. The van der Waals surface area contributed by atoms with Crippen molar-refractivity contribution in [2.45, 2.75) is 13.0 Å². The second kappa shape index (κ2) is 9.80. The third-order valence-corrected chi connectivity index (χ3v) is 6.97. The molecule has 1 atom stereocenters. The number of nitrogens with zero attached hydrogens (tertiary/aromatic N) is 1. The molecule has 35 heavy (non-hydrogen) atoms.